The van der Waals surface area contributed by atoms with Crippen LogP contribution in [0.1, 0.15) is 18.1 Å². The van der Waals surface area contributed by atoms with Gasteiger partial charge in [-0.1, -0.05) is 12.1 Å². The van der Waals surface area contributed by atoms with E-state index in [1.54, 1.807) is 37.3 Å². The van der Waals surface area contributed by atoms with Gasteiger partial charge in [0.15, 0.2) is 6.61 Å². The SMILES string of the molecule is C/C(=N/NC(=O)COc1cccc(C)c1)c1ccc(O)cc1. The van der Waals surface area contributed by atoms with E-state index in [9.17, 15) is 9.90 Å². The van der Waals surface area contributed by atoms with E-state index in [0.717, 1.165) is 11.1 Å². The zero-order valence-corrected chi connectivity index (χ0v) is 12.5. The number of aryl methyl sites for hydroxylation is 1. The lowest BCUT2D eigenvalue weighted by molar-refractivity contribution is -0.123. The Morgan fingerprint density at radius 2 is 1.95 bits per heavy atom. The van der Waals surface area contributed by atoms with E-state index < -0.39 is 0 Å². The van der Waals surface area contributed by atoms with Crippen LogP contribution in [0.15, 0.2) is 53.6 Å². The summed E-state index contributed by atoms with van der Waals surface area (Å²) in [5.74, 6) is 0.501. The highest BCUT2D eigenvalue weighted by Crippen LogP contribution is 2.12. The van der Waals surface area contributed by atoms with Crippen LogP contribution in [-0.4, -0.2) is 23.3 Å². The van der Waals surface area contributed by atoms with E-state index in [1.807, 2.05) is 25.1 Å². The number of benzene rings is 2. The maximum Gasteiger partial charge on any atom is 0.277 e. The van der Waals surface area contributed by atoms with Crippen molar-refractivity contribution in [1.29, 1.82) is 0 Å². The predicted octanol–water partition coefficient (Wildman–Crippen LogP) is 2.62. The average molecular weight is 298 g/mol. The molecule has 2 aromatic rings. The summed E-state index contributed by atoms with van der Waals surface area (Å²) < 4.78 is 5.39. The van der Waals surface area contributed by atoms with Crippen molar-refractivity contribution >= 4 is 11.6 Å². The number of amides is 1. The number of hydrogen-bond donors (Lipinski definition) is 2. The summed E-state index contributed by atoms with van der Waals surface area (Å²) in [5.41, 5.74) is 4.97. The summed E-state index contributed by atoms with van der Waals surface area (Å²) in [6, 6.07) is 14.1. The zero-order chi connectivity index (χ0) is 15.9. The quantitative estimate of drug-likeness (QED) is 0.658. The Labute approximate surface area is 129 Å². The highest BCUT2D eigenvalue weighted by molar-refractivity contribution is 5.99. The van der Waals surface area contributed by atoms with Gasteiger partial charge in [-0.2, -0.15) is 5.10 Å². The van der Waals surface area contributed by atoms with Gasteiger partial charge in [0.25, 0.3) is 5.91 Å². The van der Waals surface area contributed by atoms with Crippen molar-refractivity contribution < 1.29 is 14.6 Å². The molecule has 2 aromatic carbocycles. The van der Waals surface area contributed by atoms with Gasteiger partial charge in [-0.25, -0.2) is 5.43 Å². The Bertz CT molecular complexity index is 679. The molecule has 0 aromatic heterocycles. The third-order valence-electron chi connectivity index (χ3n) is 2.99. The molecule has 0 fully saturated rings. The molecule has 0 atom stereocenters. The monoisotopic (exact) mass is 298 g/mol. The standard InChI is InChI=1S/C17H18N2O3/c1-12-4-3-5-16(10-12)22-11-17(21)19-18-13(2)14-6-8-15(20)9-7-14/h3-10,20H,11H2,1-2H3,(H,19,21)/b18-13-. The molecule has 0 heterocycles. The first-order valence-electron chi connectivity index (χ1n) is 6.86. The fraction of sp³-hybridized carbons (Fsp3) is 0.176. The second-order valence-electron chi connectivity index (χ2n) is 4.88. The average Bonchev–Trinajstić information content (AvgIpc) is 2.51. The molecular weight excluding hydrogens is 280 g/mol. The minimum Gasteiger partial charge on any atom is -0.508 e. The third-order valence-corrected chi connectivity index (χ3v) is 2.99. The van der Waals surface area contributed by atoms with Crippen molar-refractivity contribution in [2.24, 2.45) is 5.10 Å². The molecule has 0 spiro atoms. The fourth-order valence-corrected chi connectivity index (χ4v) is 1.80. The molecule has 0 radical (unpaired) electrons. The number of aromatic hydroxyl groups is 1. The van der Waals surface area contributed by atoms with Gasteiger partial charge in [0, 0.05) is 0 Å². The van der Waals surface area contributed by atoms with Gasteiger partial charge in [0.1, 0.15) is 11.5 Å². The van der Waals surface area contributed by atoms with Crippen LogP contribution in [0.25, 0.3) is 0 Å². The number of rotatable bonds is 5. The largest absolute Gasteiger partial charge is 0.508 e. The van der Waals surface area contributed by atoms with Gasteiger partial charge in [-0.05, 0) is 61.4 Å². The molecule has 0 aliphatic heterocycles. The molecule has 1 amide bonds. The summed E-state index contributed by atoms with van der Waals surface area (Å²) in [6.07, 6.45) is 0. The number of phenols is 1. The Balaban J connectivity index is 1.86. The van der Waals surface area contributed by atoms with Crippen molar-refractivity contribution in [1.82, 2.24) is 5.43 Å². The van der Waals surface area contributed by atoms with Crippen LogP contribution < -0.4 is 10.2 Å². The van der Waals surface area contributed by atoms with E-state index in [4.69, 9.17) is 4.74 Å². The van der Waals surface area contributed by atoms with Gasteiger partial charge in [0.05, 0.1) is 5.71 Å². The third kappa shape index (κ3) is 4.63. The lowest BCUT2D eigenvalue weighted by Gasteiger charge is -2.06. The number of carbonyl (C=O) groups excluding carboxylic acids is 1. The first-order chi connectivity index (χ1) is 10.5. The Hall–Kier alpha value is -2.82. The molecule has 2 rings (SSSR count). The maximum absolute atomic E-state index is 11.7. The summed E-state index contributed by atoms with van der Waals surface area (Å²) in [6.45, 7) is 3.63. The van der Waals surface area contributed by atoms with Crippen LogP contribution in [0.4, 0.5) is 0 Å². The first kappa shape index (κ1) is 15.6. The van der Waals surface area contributed by atoms with Crippen LogP contribution in [0.2, 0.25) is 0 Å². The number of ether oxygens (including phenoxy) is 1. The highest BCUT2D eigenvalue weighted by atomic mass is 16.5. The van der Waals surface area contributed by atoms with E-state index >= 15 is 0 Å². The molecule has 0 saturated heterocycles. The maximum atomic E-state index is 11.7. The second-order valence-corrected chi connectivity index (χ2v) is 4.88. The van der Waals surface area contributed by atoms with Gasteiger partial charge in [0.2, 0.25) is 0 Å². The summed E-state index contributed by atoms with van der Waals surface area (Å²) in [7, 11) is 0. The zero-order valence-electron chi connectivity index (χ0n) is 12.5. The number of carbonyl (C=O) groups is 1. The molecule has 22 heavy (non-hydrogen) atoms. The summed E-state index contributed by atoms with van der Waals surface area (Å²) in [5, 5.41) is 13.2. The van der Waals surface area contributed by atoms with Gasteiger partial charge in [-0.3, -0.25) is 4.79 Å². The van der Waals surface area contributed by atoms with E-state index in [2.05, 4.69) is 10.5 Å². The molecule has 0 saturated carbocycles. The topological polar surface area (TPSA) is 70.9 Å². The molecule has 0 aliphatic carbocycles. The highest BCUT2D eigenvalue weighted by Gasteiger charge is 2.03. The summed E-state index contributed by atoms with van der Waals surface area (Å²) >= 11 is 0. The van der Waals surface area contributed by atoms with E-state index in [0.29, 0.717) is 11.5 Å². The number of nitrogens with zero attached hydrogens (tertiary/aromatic N) is 1. The number of nitrogens with one attached hydrogen (secondary N) is 1. The summed E-state index contributed by atoms with van der Waals surface area (Å²) in [4.78, 5) is 11.7. The fourth-order valence-electron chi connectivity index (χ4n) is 1.80. The molecule has 5 heteroatoms. The van der Waals surface area contributed by atoms with Crippen molar-refractivity contribution in [3.8, 4) is 11.5 Å². The Morgan fingerprint density at radius 3 is 2.64 bits per heavy atom. The smallest absolute Gasteiger partial charge is 0.277 e. The molecular formula is C17H18N2O3. The minimum absolute atomic E-state index is 0.101. The van der Waals surface area contributed by atoms with Crippen LogP contribution in [0.3, 0.4) is 0 Å². The van der Waals surface area contributed by atoms with E-state index in [1.165, 1.54) is 0 Å². The van der Waals surface area contributed by atoms with Crippen LogP contribution >= 0.6 is 0 Å². The molecule has 5 nitrogen and oxygen atoms in total. The molecule has 0 bridgehead atoms. The van der Waals surface area contributed by atoms with Crippen LogP contribution in [-0.2, 0) is 4.79 Å². The Kier molecular flexibility index (Phi) is 5.14. The lowest BCUT2D eigenvalue weighted by atomic mass is 10.1. The van der Waals surface area contributed by atoms with Crippen molar-refractivity contribution in [3.05, 3.63) is 59.7 Å². The normalized spacial score (nSPS) is 11.1. The molecule has 114 valence electrons. The van der Waals surface area contributed by atoms with Crippen LogP contribution in [0.5, 0.6) is 11.5 Å². The van der Waals surface area contributed by atoms with E-state index in [-0.39, 0.29) is 18.3 Å². The van der Waals surface area contributed by atoms with Crippen LogP contribution in [0, 0.1) is 6.92 Å². The lowest BCUT2D eigenvalue weighted by Crippen LogP contribution is -2.25. The van der Waals surface area contributed by atoms with Gasteiger partial charge < -0.3 is 9.84 Å². The number of phenolic OH excluding ortho intramolecular Hbond substituents is 1. The van der Waals surface area contributed by atoms with Gasteiger partial charge in [-0.15, -0.1) is 0 Å². The first-order valence-corrected chi connectivity index (χ1v) is 6.86. The van der Waals surface area contributed by atoms with Gasteiger partial charge >= 0.3 is 0 Å². The van der Waals surface area contributed by atoms with Crippen molar-refractivity contribution in [3.63, 3.8) is 0 Å². The Morgan fingerprint density at radius 1 is 1.23 bits per heavy atom. The number of hydrogen-bond acceptors (Lipinski definition) is 4. The molecule has 0 unspecified atom stereocenters. The second kappa shape index (κ2) is 7.26. The molecule has 2 N–H and O–H groups in total. The number of hydrazone groups is 1. The predicted molar refractivity (Wildman–Crippen MR) is 85.1 cm³/mol. The molecule has 0 aliphatic rings. The van der Waals surface area contributed by atoms with Crippen molar-refractivity contribution in [2.75, 3.05) is 6.61 Å². The van der Waals surface area contributed by atoms with Crippen molar-refractivity contribution in [2.45, 2.75) is 13.8 Å². The minimum atomic E-state index is -0.334.